The summed E-state index contributed by atoms with van der Waals surface area (Å²) in [4.78, 5) is 8.40. The van der Waals surface area contributed by atoms with Crippen LogP contribution >= 0.6 is 0 Å². The molecule has 0 fully saturated rings. The van der Waals surface area contributed by atoms with Gasteiger partial charge in [0.1, 0.15) is 17.0 Å². The van der Waals surface area contributed by atoms with E-state index in [1.165, 1.54) is 12.3 Å². The number of aliphatic hydroxyl groups is 1. The van der Waals surface area contributed by atoms with Crippen molar-refractivity contribution in [2.45, 2.75) is 43.2 Å². The van der Waals surface area contributed by atoms with Crippen LogP contribution in [0.2, 0.25) is 0 Å². The second kappa shape index (κ2) is 10.5. The minimum atomic E-state index is -3.84. The smallest absolute Gasteiger partial charge is 0.242 e. The second-order valence-electron chi connectivity index (χ2n) is 7.26. The van der Waals surface area contributed by atoms with Gasteiger partial charge in [-0.05, 0) is 24.1 Å². The van der Waals surface area contributed by atoms with Crippen molar-refractivity contribution in [2.75, 3.05) is 11.9 Å². The van der Waals surface area contributed by atoms with Gasteiger partial charge >= 0.3 is 0 Å². The number of nitrogens with zero attached hydrogens (tertiary/aromatic N) is 4. The Balaban J connectivity index is 1.63. The molecule has 31 heavy (non-hydrogen) atoms. The number of pyridine rings is 1. The van der Waals surface area contributed by atoms with Crippen LogP contribution in [0.15, 0.2) is 59.9 Å². The van der Waals surface area contributed by atoms with Crippen molar-refractivity contribution in [3.63, 3.8) is 0 Å². The Bertz CT molecular complexity index is 1050. The molecule has 2 heterocycles. The third-order valence-electron chi connectivity index (χ3n) is 4.78. The fourth-order valence-electron chi connectivity index (χ4n) is 3.19. The molecule has 2 unspecified atom stereocenters. The Hall–Kier alpha value is -2.82. The maximum atomic E-state index is 12.9. The largest absolute Gasteiger partial charge is 0.387 e. The number of sulfonamides is 1. The third kappa shape index (κ3) is 6.33. The van der Waals surface area contributed by atoms with Crippen LogP contribution in [0.25, 0.3) is 0 Å². The van der Waals surface area contributed by atoms with Crippen LogP contribution < -0.4 is 10.0 Å². The first kappa shape index (κ1) is 22.9. The van der Waals surface area contributed by atoms with E-state index in [9.17, 15) is 13.5 Å². The fraction of sp³-hybridized carbons (Fsp3) is 0.381. The number of rotatable bonds is 11. The topological polar surface area (TPSA) is 122 Å². The monoisotopic (exact) mass is 444 g/mol. The minimum absolute atomic E-state index is 0.0470. The molecule has 0 aliphatic carbocycles. The Morgan fingerprint density at radius 2 is 1.90 bits per heavy atom. The van der Waals surface area contributed by atoms with Crippen molar-refractivity contribution >= 4 is 15.8 Å². The average Bonchev–Trinajstić information content (AvgIpc) is 3.19. The maximum Gasteiger partial charge on any atom is 0.242 e. The molecular formula is C21H28N6O3S. The molecule has 0 saturated heterocycles. The molecule has 9 nitrogen and oxygen atoms in total. The number of benzene rings is 1. The summed E-state index contributed by atoms with van der Waals surface area (Å²) < 4.78 is 30.0. The standard InChI is InChI=1S/C21H28N6O3S/c1-3-7-18(21(28)16-8-5-4-6-9-16)26-31(29,30)17-10-11-19(23-14-17)22-13-12-20-24-15-27(2)25-20/h4-6,8-11,14-15,18,21,26,28H,3,7,12-13H2,1-2H3,(H,22,23). The lowest BCUT2D eigenvalue weighted by Gasteiger charge is -2.24. The molecule has 0 spiro atoms. The van der Waals surface area contributed by atoms with Crippen LogP contribution in [0.5, 0.6) is 0 Å². The first-order chi connectivity index (χ1) is 14.9. The van der Waals surface area contributed by atoms with Gasteiger partial charge in [0.05, 0.1) is 12.1 Å². The lowest BCUT2D eigenvalue weighted by Crippen LogP contribution is -2.39. The molecule has 1 aromatic carbocycles. The number of hydrogen-bond donors (Lipinski definition) is 3. The predicted molar refractivity (Wildman–Crippen MR) is 118 cm³/mol. The van der Waals surface area contributed by atoms with E-state index in [2.05, 4.69) is 25.1 Å². The zero-order valence-corrected chi connectivity index (χ0v) is 18.5. The molecule has 0 radical (unpaired) electrons. The van der Waals surface area contributed by atoms with Gasteiger partial charge in [-0.2, -0.15) is 5.10 Å². The SMILES string of the molecule is CCCC(NS(=O)(=O)c1ccc(NCCc2ncn(C)n2)nc1)C(O)c1ccccc1. The number of anilines is 1. The summed E-state index contributed by atoms with van der Waals surface area (Å²) >= 11 is 0. The van der Waals surface area contributed by atoms with Crippen LogP contribution in [-0.4, -0.2) is 45.9 Å². The Morgan fingerprint density at radius 1 is 1.13 bits per heavy atom. The van der Waals surface area contributed by atoms with E-state index in [0.717, 1.165) is 12.2 Å². The van der Waals surface area contributed by atoms with E-state index in [-0.39, 0.29) is 4.90 Å². The Kier molecular flexibility index (Phi) is 7.72. The van der Waals surface area contributed by atoms with E-state index in [1.807, 2.05) is 32.2 Å². The first-order valence-corrected chi connectivity index (χ1v) is 11.7. The summed E-state index contributed by atoms with van der Waals surface area (Å²) in [6.07, 6.45) is 3.86. The van der Waals surface area contributed by atoms with E-state index >= 15 is 0 Å². The van der Waals surface area contributed by atoms with Gasteiger partial charge in [-0.1, -0.05) is 43.7 Å². The van der Waals surface area contributed by atoms with Gasteiger partial charge in [-0.3, -0.25) is 4.68 Å². The van der Waals surface area contributed by atoms with Crippen LogP contribution in [0, 0.1) is 0 Å². The number of aryl methyl sites for hydroxylation is 1. The Labute approximate surface area is 182 Å². The molecule has 0 aliphatic heterocycles. The normalized spacial score (nSPS) is 13.6. The highest BCUT2D eigenvalue weighted by Gasteiger charge is 2.26. The summed E-state index contributed by atoms with van der Waals surface area (Å²) in [6, 6.07) is 11.5. The molecule has 10 heteroatoms. The number of nitrogens with one attached hydrogen (secondary N) is 2. The summed E-state index contributed by atoms with van der Waals surface area (Å²) in [5.74, 6) is 1.28. The molecule has 3 rings (SSSR count). The number of aromatic nitrogens is 4. The van der Waals surface area contributed by atoms with Crippen molar-refractivity contribution in [3.8, 4) is 0 Å². The zero-order chi connectivity index (χ0) is 22.3. The third-order valence-corrected chi connectivity index (χ3v) is 6.25. The molecular weight excluding hydrogens is 416 g/mol. The maximum absolute atomic E-state index is 12.9. The van der Waals surface area contributed by atoms with Crippen LogP contribution in [0.1, 0.15) is 37.3 Å². The van der Waals surface area contributed by atoms with Gasteiger partial charge < -0.3 is 10.4 Å². The van der Waals surface area contributed by atoms with Crippen molar-refractivity contribution in [3.05, 3.63) is 66.4 Å². The van der Waals surface area contributed by atoms with Crippen molar-refractivity contribution in [1.82, 2.24) is 24.5 Å². The van der Waals surface area contributed by atoms with E-state index in [1.54, 1.807) is 29.2 Å². The van der Waals surface area contributed by atoms with E-state index < -0.39 is 22.2 Å². The molecule has 0 saturated carbocycles. The number of aliphatic hydroxyl groups excluding tert-OH is 1. The molecule has 0 bridgehead atoms. The lowest BCUT2D eigenvalue weighted by atomic mass is 10.00. The first-order valence-electron chi connectivity index (χ1n) is 10.2. The van der Waals surface area contributed by atoms with E-state index in [4.69, 9.17) is 0 Å². The van der Waals surface area contributed by atoms with Gasteiger partial charge in [-0.25, -0.2) is 23.1 Å². The highest BCUT2D eigenvalue weighted by atomic mass is 32.2. The molecule has 0 amide bonds. The Morgan fingerprint density at radius 3 is 2.52 bits per heavy atom. The zero-order valence-electron chi connectivity index (χ0n) is 17.6. The summed E-state index contributed by atoms with van der Waals surface area (Å²) in [6.45, 7) is 2.52. The van der Waals surface area contributed by atoms with Crippen molar-refractivity contribution < 1.29 is 13.5 Å². The quantitative estimate of drug-likeness (QED) is 0.414. The second-order valence-corrected chi connectivity index (χ2v) is 8.98. The molecule has 3 aromatic rings. The van der Waals surface area contributed by atoms with Gasteiger partial charge in [-0.15, -0.1) is 0 Å². The molecule has 0 aliphatic rings. The van der Waals surface area contributed by atoms with Crippen molar-refractivity contribution in [2.24, 2.45) is 7.05 Å². The highest BCUT2D eigenvalue weighted by Crippen LogP contribution is 2.22. The summed E-state index contributed by atoms with van der Waals surface area (Å²) in [5, 5.41) is 18.0. The van der Waals surface area contributed by atoms with E-state index in [0.29, 0.717) is 30.8 Å². The molecule has 2 aromatic heterocycles. The average molecular weight is 445 g/mol. The fourth-order valence-corrected chi connectivity index (χ4v) is 4.41. The van der Waals surface area contributed by atoms with Crippen LogP contribution in [-0.2, 0) is 23.5 Å². The van der Waals surface area contributed by atoms with Crippen LogP contribution in [0.4, 0.5) is 5.82 Å². The van der Waals surface area contributed by atoms with Gasteiger partial charge in [0, 0.05) is 26.2 Å². The lowest BCUT2D eigenvalue weighted by molar-refractivity contribution is 0.134. The van der Waals surface area contributed by atoms with Crippen LogP contribution in [0.3, 0.4) is 0 Å². The summed E-state index contributed by atoms with van der Waals surface area (Å²) in [7, 11) is -2.03. The molecule has 166 valence electrons. The van der Waals surface area contributed by atoms with Gasteiger partial charge in [0.25, 0.3) is 0 Å². The van der Waals surface area contributed by atoms with Gasteiger partial charge in [0.15, 0.2) is 5.82 Å². The van der Waals surface area contributed by atoms with Gasteiger partial charge in [0.2, 0.25) is 10.0 Å². The molecule has 3 N–H and O–H groups in total. The summed E-state index contributed by atoms with van der Waals surface area (Å²) in [5.41, 5.74) is 0.670. The van der Waals surface area contributed by atoms with Crippen molar-refractivity contribution in [1.29, 1.82) is 0 Å². The predicted octanol–water partition coefficient (Wildman–Crippen LogP) is 2.05. The minimum Gasteiger partial charge on any atom is -0.387 e. The highest BCUT2D eigenvalue weighted by molar-refractivity contribution is 7.89. The number of hydrogen-bond acceptors (Lipinski definition) is 7. The molecule has 2 atom stereocenters.